The molecule has 23 heavy (non-hydrogen) atoms. The second-order valence-corrected chi connectivity index (χ2v) is 5.78. The molecule has 0 spiro atoms. The molecule has 1 aromatic carbocycles. The van der Waals surface area contributed by atoms with E-state index >= 15 is 0 Å². The lowest BCUT2D eigenvalue weighted by Gasteiger charge is -2.24. The number of aliphatic hydroxyl groups is 1. The van der Waals surface area contributed by atoms with Gasteiger partial charge in [0.15, 0.2) is 5.13 Å². The molecule has 0 saturated carbocycles. The second-order valence-electron chi connectivity index (χ2n) is 4.75. The SMILES string of the molecule is CC(O)(C(=O)Nc1ncc(C(=O)c2ccccc2)s1)C(F)(F)F. The lowest BCUT2D eigenvalue weighted by Crippen LogP contribution is -2.52. The summed E-state index contributed by atoms with van der Waals surface area (Å²) < 4.78 is 37.7. The smallest absolute Gasteiger partial charge is 0.373 e. The van der Waals surface area contributed by atoms with Gasteiger partial charge in [0.1, 0.15) is 0 Å². The third kappa shape index (κ3) is 3.57. The van der Waals surface area contributed by atoms with Crippen LogP contribution in [0.15, 0.2) is 36.5 Å². The Hall–Kier alpha value is -2.26. The molecule has 0 aliphatic carbocycles. The van der Waals surface area contributed by atoms with E-state index in [9.17, 15) is 27.9 Å². The average Bonchev–Trinajstić information content (AvgIpc) is 2.94. The maximum Gasteiger partial charge on any atom is 0.426 e. The normalized spacial score (nSPS) is 14.1. The first kappa shape index (κ1) is 17.1. The highest BCUT2D eigenvalue weighted by atomic mass is 32.1. The van der Waals surface area contributed by atoms with E-state index in [1.807, 2.05) is 5.32 Å². The van der Waals surface area contributed by atoms with Crippen molar-refractivity contribution in [1.82, 2.24) is 4.98 Å². The topological polar surface area (TPSA) is 79.3 Å². The summed E-state index contributed by atoms with van der Waals surface area (Å²) in [4.78, 5) is 27.5. The monoisotopic (exact) mass is 344 g/mol. The van der Waals surface area contributed by atoms with Crippen LogP contribution in [0.1, 0.15) is 22.2 Å². The fourth-order valence-corrected chi connectivity index (χ4v) is 2.29. The molecule has 1 amide bonds. The number of ketones is 1. The Balaban J connectivity index is 2.15. The van der Waals surface area contributed by atoms with Crippen molar-refractivity contribution in [3.05, 3.63) is 47.0 Å². The summed E-state index contributed by atoms with van der Waals surface area (Å²) in [7, 11) is 0. The molecule has 1 aromatic heterocycles. The number of anilines is 1. The van der Waals surface area contributed by atoms with Crippen LogP contribution in [0.5, 0.6) is 0 Å². The molecule has 0 aliphatic heterocycles. The summed E-state index contributed by atoms with van der Waals surface area (Å²) in [5.74, 6) is -2.04. The minimum Gasteiger partial charge on any atom is -0.373 e. The van der Waals surface area contributed by atoms with Crippen LogP contribution in [-0.4, -0.2) is 33.6 Å². The van der Waals surface area contributed by atoms with Crippen molar-refractivity contribution in [2.45, 2.75) is 18.7 Å². The summed E-state index contributed by atoms with van der Waals surface area (Å²) in [6.07, 6.45) is -3.98. The van der Waals surface area contributed by atoms with Crippen molar-refractivity contribution in [3.8, 4) is 0 Å². The third-order valence-electron chi connectivity index (χ3n) is 2.98. The number of aromatic nitrogens is 1. The molecule has 2 N–H and O–H groups in total. The van der Waals surface area contributed by atoms with Gasteiger partial charge in [-0.1, -0.05) is 41.7 Å². The van der Waals surface area contributed by atoms with Crippen molar-refractivity contribution in [3.63, 3.8) is 0 Å². The molecular formula is C14H11F3N2O3S. The Labute approximate surface area is 132 Å². The molecule has 9 heteroatoms. The highest BCUT2D eigenvalue weighted by Crippen LogP contribution is 2.31. The van der Waals surface area contributed by atoms with Crippen LogP contribution in [0.25, 0.3) is 0 Å². The number of hydrogen-bond acceptors (Lipinski definition) is 5. The number of nitrogens with one attached hydrogen (secondary N) is 1. The van der Waals surface area contributed by atoms with Gasteiger partial charge in [-0.15, -0.1) is 0 Å². The number of carbonyl (C=O) groups is 2. The van der Waals surface area contributed by atoms with E-state index in [-0.39, 0.29) is 15.8 Å². The molecule has 1 atom stereocenters. The Morgan fingerprint density at radius 1 is 1.22 bits per heavy atom. The Kier molecular flexibility index (Phi) is 4.53. The van der Waals surface area contributed by atoms with Crippen molar-refractivity contribution >= 4 is 28.2 Å². The standard InChI is InChI=1S/C14H11F3N2O3S/c1-13(22,14(15,16)17)11(21)19-12-18-7-9(23-12)10(20)8-5-3-2-4-6-8/h2-7,22H,1H3,(H,18,19,21). The molecule has 2 rings (SSSR count). The Morgan fingerprint density at radius 3 is 2.39 bits per heavy atom. The van der Waals surface area contributed by atoms with E-state index in [0.29, 0.717) is 12.5 Å². The lowest BCUT2D eigenvalue weighted by molar-refractivity contribution is -0.242. The number of thiazole rings is 1. The number of benzene rings is 1. The number of amides is 1. The average molecular weight is 344 g/mol. The third-order valence-corrected chi connectivity index (χ3v) is 3.89. The predicted molar refractivity (Wildman–Crippen MR) is 77.3 cm³/mol. The maximum absolute atomic E-state index is 12.6. The molecule has 5 nitrogen and oxygen atoms in total. The number of carbonyl (C=O) groups excluding carboxylic acids is 2. The fourth-order valence-electron chi connectivity index (χ4n) is 1.52. The van der Waals surface area contributed by atoms with Crippen LogP contribution in [0, 0.1) is 0 Å². The first-order chi connectivity index (χ1) is 10.6. The summed E-state index contributed by atoms with van der Waals surface area (Å²) in [6.45, 7) is 0.339. The second kappa shape index (κ2) is 6.09. The molecular weight excluding hydrogens is 333 g/mol. The summed E-state index contributed by atoms with van der Waals surface area (Å²) in [5, 5.41) is 10.9. The van der Waals surface area contributed by atoms with E-state index in [0.717, 1.165) is 17.5 Å². The minimum absolute atomic E-state index is 0.151. The zero-order chi connectivity index (χ0) is 17.3. The lowest BCUT2D eigenvalue weighted by atomic mass is 10.1. The highest BCUT2D eigenvalue weighted by molar-refractivity contribution is 7.17. The molecule has 1 heterocycles. The number of hydrogen-bond donors (Lipinski definition) is 2. The maximum atomic E-state index is 12.6. The zero-order valence-corrected chi connectivity index (χ0v) is 12.5. The zero-order valence-electron chi connectivity index (χ0n) is 11.7. The molecule has 2 aromatic rings. The van der Waals surface area contributed by atoms with Gasteiger partial charge in [0.05, 0.1) is 11.1 Å². The fraction of sp³-hybridized carbons (Fsp3) is 0.214. The minimum atomic E-state index is -5.13. The number of nitrogens with zero attached hydrogens (tertiary/aromatic N) is 1. The Morgan fingerprint density at radius 2 is 1.83 bits per heavy atom. The van der Waals surface area contributed by atoms with Gasteiger partial charge in [0.2, 0.25) is 11.4 Å². The van der Waals surface area contributed by atoms with Crippen LogP contribution >= 0.6 is 11.3 Å². The van der Waals surface area contributed by atoms with Crippen LogP contribution in [0.2, 0.25) is 0 Å². The summed E-state index contributed by atoms with van der Waals surface area (Å²) in [6, 6.07) is 8.22. The van der Waals surface area contributed by atoms with Crippen molar-refractivity contribution in [2.75, 3.05) is 5.32 Å². The van der Waals surface area contributed by atoms with Crippen molar-refractivity contribution in [2.24, 2.45) is 0 Å². The van der Waals surface area contributed by atoms with Crippen LogP contribution in [0.3, 0.4) is 0 Å². The number of rotatable bonds is 4. The highest BCUT2D eigenvalue weighted by Gasteiger charge is 2.55. The van der Waals surface area contributed by atoms with Crippen LogP contribution in [0.4, 0.5) is 18.3 Å². The molecule has 0 saturated heterocycles. The van der Waals surface area contributed by atoms with E-state index < -0.39 is 17.7 Å². The van der Waals surface area contributed by atoms with Crippen LogP contribution in [-0.2, 0) is 4.79 Å². The molecule has 122 valence electrons. The first-order valence-electron chi connectivity index (χ1n) is 6.29. The molecule has 0 radical (unpaired) electrons. The van der Waals surface area contributed by atoms with Gasteiger partial charge in [-0.05, 0) is 6.92 Å². The number of alkyl halides is 3. The van der Waals surface area contributed by atoms with E-state index in [1.165, 1.54) is 0 Å². The predicted octanol–water partition coefficient (Wildman–Crippen LogP) is 2.63. The van der Waals surface area contributed by atoms with Crippen molar-refractivity contribution in [1.29, 1.82) is 0 Å². The van der Waals surface area contributed by atoms with E-state index in [1.54, 1.807) is 30.3 Å². The van der Waals surface area contributed by atoms with Gasteiger partial charge >= 0.3 is 6.18 Å². The Bertz CT molecular complexity index is 726. The first-order valence-corrected chi connectivity index (χ1v) is 7.10. The van der Waals surface area contributed by atoms with E-state index in [2.05, 4.69) is 4.98 Å². The van der Waals surface area contributed by atoms with Gasteiger partial charge in [-0.25, -0.2) is 4.98 Å². The van der Waals surface area contributed by atoms with Crippen molar-refractivity contribution < 1.29 is 27.9 Å². The van der Waals surface area contributed by atoms with E-state index in [4.69, 9.17) is 0 Å². The summed E-state index contributed by atoms with van der Waals surface area (Å²) >= 11 is 0.720. The van der Waals surface area contributed by atoms with Gasteiger partial charge in [0, 0.05) is 5.56 Å². The largest absolute Gasteiger partial charge is 0.426 e. The molecule has 1 unspecified atom stereocenters. The van der Waals surface area contributed by atoms with Gasteiger partial charge in [-0.3, -0.25) is 14.9 Å². The number of halogens is 3. The molecule has 0 aliphatic rings. The van der Waals surface area contributed by atoms with Crippen LogP contribution < -0.4 is 5.32 Å². The van der Waals surface area contributed by atoms with Gasteiger partial charge < -0.3 is 5.11 Å². The quantitative estimate of drug-likeness (QED) is 0.836. The van der Waals surface area contributed by atoms with Gasteiger partial charge in [-0.2, -0.15) is 13.2 Å². The molecule has 0 fully saturated rings. The molecule has 0 bridgehead atoms. The summed E-state index contributed by atoms with van der Waals surface area (Å²) in [5.41, 5.74) is -3.17. The van der Waals surface area contributed by atoms with Gasteiger partial charge in [0.25, 0.3) is 5.91 Å².